The van der Waals surface area contributed by atoms with Gasteiger partial charge in [0.05, 0.1) is 6.26 Å². The van der Waals surface area contributed by atoms with Crippen LogP contribution in [0.25, 0.3) is 0 Å². The largest absolute Gasteiger partial charge is 0.465 e. The fourth-order valence-corrected chi connectivity index (χ4v) is 0.891. The summed E-state index contributed by atoms with van der Waals surface area (Å²) >= 11 is 0. The van der Waals surface area contributed by atoms with Crippen LogP contribution < -0.4 is 4.74 Å². The summed E-state index contributed by atoms with van der Waals surface area (Å²) in [5, 5.41) is 17.7. The number of aliphatic hydroxyl groups is 2. The molecule has 0 bridgehead atoms. The third-order valence-corrected chi connectivity index (χ3v) is 1.41. The highest BCUT2D eigenvalue weighted by Crippen LogP contribution is 2.22. The van der Waals surface area contributed by atoms with Crippen LogP contribution in [0.1, 0.15) is 11.9 Å². The van der Waals surface area contributed by atoms with Crippen molar-refractivity contribution in [3.63, 3.8) is 0 Å². The van der Waals surface area contributed by atoms with Crippen LogP contribution in [0.15, 0.2) is 37.1 Å². The Bertz CT molecular complexity index is 268. The summed E-state index contributed by atoms with van der Waals surface area (Å²) in [5.41, 5.74) is 0.331. The summed E-state index contributed by atoms with van der Waals surface area (Å²) < 4.78 is 4.94. The van der Waals surface area contributed by atoms with Gasteiger partial charge in [0.2, 0.25) is 0 Å². The first-order chi connectivity index (χ1) is 5.75. The van der Waals surface area contributed by atoms with Gasteiger partial charge >= 0.3 is 0 Å². The second kappa shape index (κ2) is 3.90. The molecule has 0 atom stereocenters. The normalized spacial score (nSPS) is 9.92. The number of aliphatic hydroxyl groups excluding tert-OH is 1. The van der Waals surface area contributed by atoms with E-state index in [1.165, 1.54) is 6.26 Å². The molecule has 0 amide bonds. The Labute approximate surface area is 70.5 Å². The van der Waals surface area contributed by atoms with Crippen LogP contribution in [0.3, 0.4) is 0 Å². The summed E-state index contributed by atoms with van der Waals surface area (Å²) in [4.78, 5) is 0. The number of ether oxygens (including phenoxy) is 1. The lowest BCUT2D eigenvalue weighted by molar-refractivity contribution is -0.0436. The molecule has 0 fully saturated rings. The van der Waals surface area contributed by atoms with Gasteiger partial charge in [0.25, 0.3) is 0 Å². The Morgan fingerprint density at radius 1 is 1.33 bits per heavy atom. The maximum absolute atomic E-state index is 8.87. The summed E-state index contributed by atoms with van der Waals surface area (Å²) in [6.45, 7) is 3.37. The molecule has 3 heteroatoms. The molecule has 12 heavy (non-hydrogen) atoms. The van der Waals surface area contributed by atoms with Crippen molar-refractivity contribution < 1.29 is 14.9 Å². The van der Waals surface area contributed by atoms with E-state index < -0.39 is 6.29 Å². The van der Waals surface area contributed by atoms with Crippen molar-refractivity contribution in [2.24, 2.45) is 0 Å². The third kappa shape index (κ3) is 1.84. The molecular weight excluding hydrogens is 156 g/mol. The highest BCUT2D eigenvalue weighted by atomic mass is 16.5. The minimum atomic E-state index is -1.51. The zero-order chi connectivity index (χ0) is 8.97. The average molecular weight is 166 g/mol. The monoisotopic (exact) mass is 166 g/mol. The van der Waals surface area contributed by atoms with Crippen molar-refractivity contribution in [3.05, 3.63) is 42.7 Å². The van der Waals surface area contributed by atoms with E-state index in [-0.39, 0.29) is 0 Å². The van der Waals surface area contributed by atoms with Crippen molar-refractivity contribution >= 4 is 0 Å². The molecule has 0 unspecified atom stereocenters. The molecule has 0 heterocycles. The number of rotatable bonds is 3. The van der Waals surface area contributed by atoms with Crippen molar-refractivity contribution in [1.29, 1.82) is 0 Å². The predicted octanol–water partition coefficient (Wildman–Crippen LogP) is 1.19. The van der Waals surface area contributed by atoms with Gasteiger partial charge in [-0.3, -0.25) is 0 Å². The first-order valence-corrected chi connectivity index (χ1v) is 3.48. The highest BCUT2D eigenvalue weighted by Gasteiger charge is 2.07. The molecule has 1 aromatic rings. The van der Waals surface area contributed by atoms with Crippen LogP contribution in [0.2, 0.25) is 0 Å². The van der Waals surface area contributed by atoms with E-state index >= 15 is 0 Å². The molecule has 0 saturated carbocycles. The van der Waals surface area contributed by atoms with E-state index in [2.05, 4.69) is 6.58 Å². The van der Waals surface area contributed by atoms with Crippen LogP contribution in [0.5, 0.6) is 5.75 Å². The van der Waals surface area contributed by atoms with Crippen LogP contribution in [-0.2, 0) is 0 Å². The van der Waals surface area contributed by atoms with Crippen molar-refractivity contribution in [3.8, 4) is 5.75 Å². The average Bonchev–Trinajstić information content (AvgIpc) is 2.05. The number of para-hydroxylation sites is 1. The zero-order valence-electron chi connectivity index (χ0n) is 6.47. The smallest absolute Gasteiger partial charge is 0.182 e. The van der Waals surface area contributed by atoms with E-state index in [0.29, 0.717) is 11.3 Å². The van der Waals surface area contributed by atoms with Gasteiger partial charge in [0, 0.05) is 5.56 Å². The lowest BCUT2D eigenvalue weighted by atomic mass is 10.2. The predicted molar refractivity (Wildman–Crippen MR) is 44.4 cm³/mol. The van der Waals surface area contributed by atoms with Gasteiger partial charge in [0.1, 0.15) is 5.75 Å². The molecular formula is C9H10O3. The Hall–Kier alpha value is -1.32. The van der Waals surface area contributed by atoms with Crippen LogP contribution in [-0.4, -0.2) is 10.2 Å². The standard InChI is InChI=1S/C9H10O3/c1-2-12-8-6-4-3-5-7(8)9(10)11/h2-6,9-11H,1H2. The highest BCUT2D eigenvalue weighted by molar-refractivity contribution is 5.34. The molecule has 2 N–H and O–H groups in total. The van der Waals surface area contributed by atoms with E-state index in [1.807, 2.05) is 0 Å². The van der Waals surface area contributed by atoms with Gasteiger partial charge in [-0.15, -0.1) is 0 Å². The Balaban J connectivity index is 2.99. The minimum absolute atomic E-state index is 0.331. The molecule has 0 aliphatic rings. The molecule has 0 aromatic heterocycles. The van der Waals surface area contributed by atoms with Gasteiger partial charge in [-0.05, 0) is 6.07 Å². The fraction of sp³-hybridized carbons (Fsp3) is 0.111. The van der Waals surface area contributed by atoms with Gasteiger partial charge in [0.15, 0.2) is 6.29 Å². The molecule has 1 rings (SSSR count). The number of hydrogen-bond donors (Lipinski definition) is 2. The molecule has 1 aromatic carbocycles. The van der Waals surface area contributed by atoms with E-state index in [1.54, 1.807) is 24.3 Å². The van der Waals surface area contributed by atoms with Crippen molar-refractivity contribution in [1.82, 2.24) is 0 Å². The molecule has 0 spiro atoms. The quantitative estimate of drug-likeness (QED) is 0.524. The summed E-state index contributed by atoms with van der Waals surface area (Å²) in [7, 11) is 0. The number of benzene rings is 1. The zero-order valence-corrected chi connectivity index (χ0v) is 6.47. The van der Waals surface area contributed by atoms with Gasteiger partial charge in [-0.2, -0.15) is 0 Å². The topological polar surface area (TPSA) is 49.7 Å². The number of hydrogen-bond acceptors (Lipinski definition) is 3. The lowest BCUT2D eigenvalue weighted by Crippen LogP contribution is -1.97. The van der Waals surface area contributed by atoms with E-state index in [4.69, 9.17) is 14.9 Å². The maximum Gasteiger partial charge on any atom is 0.182 e. The van der Waals surface area contributed by atoms with Crippen LogP contribution in [0, 0.1) is 0 Å². The Kier molecular flexibility index (Phi) is 2.85. The summed E-state index contributed by atoms with van der Waals surface area (Å²) in [6.07, 6.45) is -0.276. The molecule has 0 aliphatic heterocycles. The van der Waals surface area contributed by atoms with Gasteiger partial charge in [-0.25, -0.2) is 0 Å². The Morgan fingerprint density at radius 2 is 2.00 bits per heavy atom. The van der Waals surface area contributed by atoms with E-state index in [0.717, 1.165) is 0 Å². The first kappa shape index (κ1) is 8.77. The van der Waals surface area contributed by atoms with Crippen LogP contribution in [0.4, 0.5) is 0 Å². The lowest BCUT2D eigenvalue weighted by Gasteiger charge is -2.08. The Morgan fingerprint density at radius 3 is 2.58 bits per heavy atom. The second-order valence-corrected chi connectivity index (χ2v) is 2.20. The molecule has 0 aliphatic carbocycles. The summed E-state index contributed by atoms with van der Waals surface area (Å²) in [6, 6.07) is 6.65. The third-order valence-electron chi connectivity index (χ3n) is 1.41. The van der Waals surface area contributed by atoms with Gasteiger partial charge in [-0.1, -0.05) is 24.8 Å². The SMILES string of the molecule is C=COc1ccccc1C(O)O. The summed E-state index contributed by atoms with van der Waals surface area (Å²) in [5.74, 6) is 0.405. The van der Waals surface area contributed by atoms with Crippen LogP contribution >= 0.6 is 0 Å². The van der Waals surface area contributed by atoms with Crippen molar-refractivity contribution in [2.75, 3.05) is 0 Å². The molecule has 3 nitrogen and oxygen atoms in total. The molecule has 0 saturated heterocycles. The second-order valence-electron chi connectivity index (χ2n) is 2.20. The maximum atomic E-state index is 8.87. The van der Waals surface area contributed by atoms with Crippen molar-refractivity contribution in [2.45, 2.75) is 6.29 Å². The first-order valence-electron chi connectivity index (χ1n) is 3.48. The minimum Gasteiger partial charge on any atom is -0.465 e. The fourth-order valence-electron chi connectivity index (χ4n) is 0.891. The molecule has 64 valence electrons. The molecule has 0 radical (unpaired) electrons. The van der Waals surface area contributed by atoms with Gasteiger partial charge < -0.3 is 14.9 Å². The van der Waals surface area contributed by atoms with E-state index in [9.17, 15) is 0 Å².